The van der Waals surface area contributed by atoms with E-state index in [2.05, 4.69) is 10.0 Å². The molecule has 0 fully saturated rings. The molecule has 0 saturated carbocycles. The number of nitrogens with one attached hydrogen (secondary N) is 2. The zero-order valence-corrected chi connectivity index (χ0v) is 16.5. The number of sulfonamides is 1. The van der Waals surface area contributed by atoms with Crippen molar-refractivity contribution >= 4 is 27.3 Å². The summed E-state index contributed by atoms with van der Waals surface area (Å²) in [5, 5.41) is 2.77. The lowest BCUT2D eigenvalue weighted by molar-refractivity contribution is 0.102. The van der Waals surface area contributed by atoms with Gasteiger partial charge in [-0.2, -0.15) is 0 Å². The molecular formula is C22H22N2O3S. The topological polar surface area (TPSA) is 75.3 Å². The highest BCUT2D eigenvalue weighted by Gasteiger charge is 2.17. The molecule has 3 aromatic carbocycles. The Bertz CT molecular complexity index is 1060. The van der Waals surface area contributed by atoms with Crippen LogP contribution in [-0.2, 0) is 10.0 Å². The Hall–Kier alpha value is -3.12. The molecule has 0 atom stereocenters. The predicted molar refractivity (Wildman–Crippen MR) is 112 cm³/mol. The lowest BCUT2D eigenvalue weighted by atomic mass is 10.0. The van der Waals surface area contributed by atoms with Crippen molar-refractivity contribution < 1.29 is 13.2 Å². The summed E-state index contributed by atoms with van der Waals surface area (Å²) in [6, 6.07) is 22.3. The quantitative estimate of drug-likeness (QED) is 0.627. The summed E-state index contributed by atoms with van der Waals surface area (Å²) in [5.41, 5.74) is 2.54. The first-order valence-corrected chi connectivity index (χ1v) is 10.4. The van der Waals surface area contributed by atoms with E-state index in [0.717, 1.165) is 5.56 Å². The third kappa shape index (κ3) is 4.58. The lowest BCUT2D eigenvalue weighted by Crippen LogP contribution is -2.15. The molecule has 0 aliphatic carbocycles. The molecule has 0 radical (unpaired) electrons. The maximum Gasteiger partial charge on any atom is 0.261 e. The van der Waals surface area contributed by atoms with Crippen LogP contribution in [0.3, 0.4) is 0 Å². The number of hydrogen-bond acceptors (Lipinski definition) is 3. The van der Waals surface area contributed by atoms with Crippen molar-refractivity contribution in [3.05, 3.63) is 90.0 Å². The number of benzene rings is 3. The third-order valence-corrected chi connectivity index (χ3v) is 5.67. The van der Waals surface area contributed by atoms with Crippen LogP contribution in [0, 0.1) is 0 Å². The Balaban J connectivity index is 1.78. The van der Waals surface area contributed by atoms with Gasteiger partial charge in [-0.3, -0.25) is 9.52 Å². The summed E-state index contributed by atoms with van der Waals surface area (Å²) in [6.45, 7) is 4.01. The Morgan fingerprint density at radius 1 is 0.821 bits per heavy atom. The molecule has 3 aromatic rings. The van der Waals surface area contributed by atoms with Crippen LogP contribution in [0.1, 0.15) is 35.7 Å². The minimum Gasteiger partial charge on any atom is -0.322 e. The van der Waals surface area contributed by atoms with Gasteiger partial charge in [-0.1, -0.05) is 50.2 Å². The summed E-state index contributed by atoms with van der Waals surface area (Å²) in [7, 11) is -3.75. The molecule has 28 heavy (non-hydrogen) atoms. The van der Waals surface area contributed by atoms with Gasteiger partial charge in [0.25, 0.3) is 15.9 Å². The average Bonchev–Trinajstić information content (AvgIpc) is 2.69. The summed E-state index contributed by atoms with van der Waals surface area (Å²) in [4.78, 5) is 12.4. The largest absolute Gasteiger partial charge is 0.322 e. The van der Waals surface area contributed by atoms with E-state index in [9.17, 15) is 13.2 Å². The second kappa shape index (κ2) is 8.27. The smallest absolute Gasteiger partial charge is 0.261 e. The van der Waals surface area contributed by atoms with Crippen molar-refractivity contribution in [1.29, 1.82) is 0 Å². The van der Waals surface area contributed by atoms with E-state index in [-0.39, 0.29) is 16.7 Å². The van der Waals surface area contributed by atoms with E-state index in [1.165, 1.54) is 24.3 Å². The van der Waals surface area contributed by atoms with E-state index in [0.29, 0.717) is 16.9 Å². The normalized spacial score (nSPS) is 11.2. The number of carbonyl (C=O) groups excluding carboxylic acids is 1. The van der Waals surface area contributed by atoms with Crippen LogP contribution >= 0.6 is 0 Å². The molecule has 0 unspecified atom stereocenters. The molecule has 3 rings (SSSR count). The first-order valence-electron chi connectivity index (χ1n) is 8.95. The van der Waals surface area contributed by atoms with Crippen LogP contribution < -0.4 is 10.0 Å². The van der Waals surface area contributed by atoms with Crippen molar-refractivity contribution in [2.24, 2.45) is 0 Å². The fourth-order valence-electron chi connectivity index (χ4n) is 2.81. The highest BCUT2D eigenvalue weighted by atomic mass is 32.2. The second-order valence-corrected chi connectivity index (χ2v) is 8.37. The van der Waals surface area contributed by atoms with Crippen molar-refractivity contribution in [3.8, 4) is 0 Å². The molecule has 0 aliphatic heterocycles. The number of hydrogen-bond donors (Lipinski definition) is 2. The molecule has 1 amide bonds. The van der Waals surface area contributed by atoms with Crippen LogP contribution in [0.15, 0.2) is 83.8 Å². The van der Waals surface area contributed by atoms with Crippen LogP contribution in [0.25, 0.3) is 0 Å². The minimum absolute atomic E-state index is 0.0994. The van der Waals surface area contributed by atoms with Gasteiger partial charge in [0.15, 0.2) is 0 Å². The monoisotopic (exact) mass is 394 g/mol. The first-order chi connectivity index (χ1) is 13.4. The number of anilines is 2. The molecule has 0 saturated heterocycles. The van der Waals surface area contributed by atoms with Crippen LogP contribution in [0.2, 0.25) is 0 Å². The van der Waals surface area contributed by atoms with Gasteiger partial charge in [-0.15, -0.1) is 0 Å². The van der Waals surface area contributed by atoms with Gasteiger partial charge in [-0.05, 0) is 53.9 Å². The zero-order valence-electron chi connectivity index (χ0n) is 15.7. The second-order valence-electron chi connectivity index (χ2n) is 6.69. The number of carbonyl (C=O) groups is 1. The molecule has 0 aromatic heterocycles. The SMILES string of the molecule is CC(C)c1ccccc1NS(=O)(=O)c1ccc(C(=O)Nc2ccccc2)cc1. The highest BCUT2D eigenvalue weighted by Crippen LogP contribution is 2.26. The molecule has 0 spiro atoms. The summed E-state index contributed by atoms with van der Waals surface area (Å²) in [5.74, 6) is -0.115. The van der Waals surface area contributed by atoms with Crippen LogP contribution in [0.5, 0.6) is 0 Å². The Kier molecular flexibility index (Phi) is 5.80. The molecule has 0 aliphatic rings. The zero-order chi connectivity index (χ0) is 20.1. The number of rotatable bonds is 6. The van der Waals surface area contributed by atoms with E-state index >= 15 is 0 Å². The fraction of sp³-hybridized carbons (Fsp3) is 0.136. The Labute approximate surface area is 165 Å². The van der Waals surface area contributed by atoms with Crippen molar-refractivity contribution in [3.63, 3.8) is 0 Å². The van der Waals surface area contributed by atoms with E-state index in [1.54, 1.807) is 24.3 Å². The van der Waals surface area contributed by atoms with Gasteiger partial charge in [0, 0.05) is 11.3 Å². The van der Waals surface area contributed by atoms with Crippen LogP contribution in [0.4, 0.5) is 11.4 Å². The fourth-order valence-corrected chi connectivity index (χ4v) is 3.89. The van der Waals surface area contributed by atoms with Gasteiger partial charge in [0.05, 0.1) is 10.6 Å². The molecule has 0 bridgehead atoms. The Morgan fingerprint density at radius 3 is 2.07 bits per heavy atom. The number of para-hydroxylation sites is 2. The summed E-state index contributed by atoms with van der Waals surface area (Å²) >= 11 is 0. The molecule has 5 nitrogen and oxygen atoms in total. The highest BCUT2D eigenvalue weighted by molar-refractivity contribution is 7.92. The summed E-state index contributed by atoms with van der Waals surface area (Å²) in [6.07, 6.45) is 0. The van der Waals surface area contributed by atoms with Gasteiger partial charge in [0.1, 0.15) is 0 Å². The third-order valence-electron chi connectivity index (χ3n) is 4.29. The molecule has 6 heteroatoms. The minimum atomic E-state index is -3.75. The number of amides is 1. The molecule has 0 heterocycles. The Morgan fingerprint density at radius 2 is 1.43 bits per heavy atom. The van der Waals surface area contributed by atoms with Gasteiger partial charge < -0.3 is 5.32 Å². The molecular weight excluding hydrogens is 372 g/mol. The maximum atomic E-state index is 12.7. The lowest BCUT2D eigenvalue weighted by Gasteiger charge is -2.15. The summed E-state index contributed by atoms with van der Waals surface area (Å²) < 4.78 is 28.1. The van der Waals surface area contributed by atoms with Gasteiger partial charge in [-0.25, -0.2) is 8.42 Å². The maximum absolute atomic E-state index is 12.7. The molecule has 2 N–H and O–H groups in total. The average molecular weight is 394 g/mol. The standard InChI is InChI=1S/C22H22N2O3S/c1-16(2)20-10-6-7-11-21(20)24-28(26,27)19-14-12-17(13-15-19)22(25)23-18-8-4-3-5-9-18/h3-16,24H,1-2H3,(H,23,25). The van der Waals surface area contributed by atoms with E-state index in [4.69, 9.17) is 0 Å². The van der Waals surface area contributed by atoms with Gasteiger partial charge in [0.2, 0.25) is 0 Å². The van der Waals surface area contributed by atoms with E-state index in [1.807, 2.05) is 44.2 Å². The first kappa shape index (κ1) is 19.6. The molecule has 144 valence electrons. The van der Waals surface area contributed by atoms with Crippen molar-refractivity contribution in [1.82, 2.24) is 0 Å². The van der Waals surface area contributed by atoms with E-state index < -0.39 is 10.0 Å². The van der Waals surface area contributed by atoms with Crippen molar-refractivity contribution in [2.45, 2.75) is 24.7 Å². The predicted octanol–water partition coefficient (Wildman–Crippen LogP) is 4.86. The van der Waals surface area contributed by atoms with Crippen LogP contribution in [-0.4, -0.2) is 14.3 Å². The van der Waals surface area contributed by atoms with Crippen molar-refractivity contribution in [2.75, 3.05) is 10.0 Å². The van der Waals surface area contributed by atoms with Gasteiger partial charge >= 0.3 is 0 Å².